The molecule has 10 heteroatoms. The lowest BCUT2D eigenvalue weighted by Crippen LogP contribution is -2.20. The topological polar surface area (TPSA) is 158 Å². The van der Waals surface area contributed by atoms with Gasteiger partial charge < -0.3 is 10.8 Å². The summed E-state index contributed by atoms with van der Waals surface area (Å²) in [5, 5.41) is 15.2. The highest BCUT2D eigenvalue weighted by Crippen LogP contribution is 2.29. The van der Waals surface area contributed by atoms with Gasteiger partial charge in [-0.25, -0.2) is 22.0 Å². The first-order chi connectivity index (χ1) is 13.3. The summed E-state index contributed by atoms with van der Waals surface area (Å²) in [6.45, 7) is 3.22. The Kier molecular flexibility index (Phi) is 6.20. The number of primary amides is 1. The molecule has 0 aliphatic rings. The fourth-order valence-electron chi connectivity index (χ4n) is 2.35. The first-order valence-corrected chi connectivity index (χ1v) is 11.4. The molecule has 8 nitrogen and oxygen atoms in total. The van der Waals surface area contributed by atoms with E-state index in [4.69, 9.17) is 10.9 Å². The molecule has 0 fully saturated rings. The van der Waals surface area contributed by atoms with E-state index in [1.54, 1.807) is 6.92 Å². The molecule has 0 spiro atoms. The molecule has 0 bridgehead atoms. The Balaban J connectivity index is 2.79. The number of rotatable bonds is 5. The third kappa shape index (κ3) is 5.02. The van der Waals surface area contributed by atoms with Crippen molar-refractivity contribution in [3.05, 3.63) is 53.6 Å². The molecule has 2 rings (SSSR count). The van der Waals surface area contributed by atoms with Crippen LogP contribution >= 0.6 is 0 Å². The van der Waals surface area contributed by atoms with Crippen molar-refractivity contribution < 1.29 is 26.7 Å². The highest BCUT2D eigenvalue weighted by atomic mass is 32.2. The summed E-state index contributed by atoms with van der Waals surface area (Å²) in [5.41, 5.74) is 3.87. The largest absolute Gasteiger partial charge is 0.378 e. The fraction of sp³-hybridized carbons (Fsp3) is 0.211. The van der Waals surface area contributed by atoms with Crippen LogP contribution < -0.4 is 10.9 Å². The normalized spacial score (nSPS) is 13.8. The van der Waals surface area contributed by atoms with E-state index in [9.17, 15) is 26.7 Å². The van der Waals surface area contributed by atoms with Gasteiger partial charge in [-0.2, -0.15) is 0 Å². The van der Waals surface area contributed by atoms with Crippen molar-refractivity contribution in [3.63, 3.8) is 0 Å². The third-order valence-corrected chi connectivity index (χ3v) is 7.10. The highest BCUT2D eigenvalue weighted by Gasteiger charge is 2.29. The van der Waals surface area contributed by atoms with Crippen molar-refractivity contribution in [1.29, 1.82) is 0 Å². The molecular weight excluding hydrogens is 416 g/mol. The number of hydrogen-bond donors (Lipinski definition) is 3. The Hall–Kier alpha value is -2.71. The molecule has 2 aromatic carbocycles. The van der Waals surface area contributed by atoms with Crippen molar-refractivity contribution in [2.45, 2.75) is 40.6 Å². The Morgan fingerprint density at radius 3 is 2.17 bits per heavy atom. The van der Waals surface area contributed by atoms with Crippen LogP contribution in [0.3, 0.4) is 0 Å². The number of carbonyl (C=O) groups excluding carboxylic acids is 1. The zero-order chi connectivity index (χ0) is 22.0. The van der Waals surface area contributed by atoms with E-state index in [0.29, 0.717) is 6.42 Å². The van der Waals surface area contributed by atoms with Gasteiger partial charge in [0.05, 0.1) is 15.4 Å². The summed E-state index contributed by atoms with van der Waals surface area (Å²) < 4.78 is 50.1. The Morgan fingerprint density at radius 1 is 1.07 bits per heavy atom. The summed E-state index contributed by atoms with van der Waals surface area (Å²) in [6, 6.07) is 8.43. The van der Waals surface area contributed by atoms with Crippen LogP contribution in [0.25, 0.3) is 0 Å². The maximum atomic E-state index is 13.2. The summed E-state index contributed by atoms with van der Waals surface area (Å²) in [4.78, 5) is 10.1. The maximum Gasteiger partial charge on any atom is 0.250 e. The van der Waals surface area contributed by atoms with Crippen molar-refractivity contribution in [2.75, 3.05) is 0 Å². The minimum absolute atomic E-state index is 0.190. The van der Waals surface area contributed by atoms with Gasteiger partial charge in [0.25, 0.3) is 0 Å². The molecule has 1 atom stereocenters. The molecule has 0 heterocycles. The number of aliphatic hydroxyl groups is 1. The lowest BCUT2D eigenvalue weighted by molar-refractivity contribution is 0.0997. The van der Waals surface area contributed by atoms with Crippen molar-refractivity contribution in [3.8, 4) is 11.8 Å². The van der Waals surface area contributed by atoms with Crippen LogP contribution in [0.15, 0.2) is 57.2 Å². The molecule has 5 N–H and O–H groups in total. The van der Waals surface area contributed by atoms with Crippen molar-refractivity contribution >= 4 is 25.8 Å². The number of benzene rings is 2. The summed E-state index contributed by atoms with van der Waals surface area (Å²) >= 11 is 0. The van der Waals surface area contributed by atoms with Gasteiger partial charge in [0.2, 0.25) is 25.8 Å². The first kappa shape index (κ1) is 22.6. The lowest BCUT2D eigenvalue weighted by Gasteiger charge is -2.13. The number of hydrogen-bond acceptors (Lipinski definition) is 6. The van der Waals surface area contributed by atoms with Crippen LogP contribution in [0.4, 0.5) is 0 Å². The second-order valence-corrected chi connectivity index (χ2v) is 9.86. The second kappa shape index (κ2) is 7.96. The quantitative estimate of drug-likeness (QED) is 0.588. The van der Waals surface area contributed by atoms with Gasteiger partial charge in [-0.1, -0.05) is 30.9 Å². The van der Waals surface area contributed by atoms with Crippen LogP contribution in [0, 0.1) is 11.8 Å². The minimum Gasteiger partial charge on any atom is -0.378 e. The fourth-order valence-corrected chi connectivity index (χ4v) is 5.21. The van der Waals surface area contributed by atoms with Crippen LogP contribution in [-0.2, 0) is 19.9 Å². The summed E-state index contributed by atoms with van der Waals surface area (Å²) in [7, 11) is -8.86. The molecule has 0 aliphatic carbocycles. The number of sulfone groups is 1. The number of carbonyl (C=O) groups is 1. The molecule has 0 saturated heterocycles. The Labute approximate surface area is 169 Å². The molecule has 0 saturated carbocycles. The van der Waals surface area contributed by atoms with Crippen LogP contribution in [0.2, 0.25) is 0 Å². The van der Waals surface area contributed by atoms with Crippen molar-refractivity contribution in [1.82, 2.24) is 0 Å². The van der Waals surface area contributed by atoms with Gasteiger partial charge in [-0.3, -0.25) is 4.79 Å². The van der Waals surface area contributed by atoms with E-state index < -0.39 is 46.1 Å². The van der Waals surface area contributed by atoms with E-state index in [-0.39, 0.29) is 11.1 Å². The predicted octanol–water partition coefficient (Wildman–Crippen LogP) is 0.778. The van der Waals surface area contributed by atoms with E-state index in [1.807, 2.05) is 0 Å². The van der Waals surface area contributed by atoms with Gasteiger partial charge in [0.1, 0.15) is 10.5 Å². The van der Waals surface area contributed by atoms with Crippen LogP contribution in [0.1, 0.15) is 36.2 Å². The smallest absolute Gasteiger partial charge is 0.250 e. The molecule has 0 aliphatic heterocycles. The molecule has 0 radical (unpaired) electrons. The van der Waals surface area contributed by atoms with E-state index in [0.717, 1.165) is 18.2 Å². The van der Waals surface area contributed by atoms with Crippen LogP contribution in [-0.4, -0.2) is 33.5 Å². The Bertz CT molecular complexity index is 1240. The Morgan fingerprint density at radius 2 is 1.66 bits per heavy atom. The number of sulfonamides is 1. The zero-order valence-corrected chi connectivity index (χ0v) is 17.3. The van der Waals surface area contributed by atoms with Crippen LogP contribution in [0.5, 0.6) is 0 Å². The molecule has 154 valence electrons. The molecular formula is C19H20N2O6S2. The molecule has 1 amide bonds. The molecule has 29 heavy (non-hydrogen) atoms. The van der Waals surface area contributed by atoms with Gasteiger partial charge in [0, 0.05) is 5.56 Å². The maximum absolute atomic E-state index is 13.2. The monoisotopic (exact) mass is 436 g/mol. The summed E-state index contributed by atoms with van der Waals surface area (Å²) in [5.74, 6) is 4.24. The van der Waals surface area contributed by atoms with E-state index in [2.05, 4.69) is 11.8 Å². The molecule has 2 aromatic rings. The van der Waals surface area contributed by atoms with Gasteiger partial charge in [-0.15, -0.1) is 0 Å². The standard InChI is InChI=1S/C19H20N2O6S2/c1-3-19(2,23)11-10-13-8-9-14(18(20)22)17(12-13)28(24,25)15-6-4-5-7-16(15)29(21,26)27/h4-9,12,23H,3H2,1-2H3,(H2,20,22)(H2,21,26,27). The average Bonchev–Trinajstić information content (AvgIpc) is 2.65. The number of primary sulfonamides is 1. The van der Waals surface area contributed by atoms with Gasteiger partial charge >= 0.3 is 0 Å². The molecule has 1 unspecified atom stereocenters. The lowest BCUT2D eigenvalue weighted by atomic mass is 10.0. The number of nitrogens with two attached hydrogens (primary N) is 2. The van der Waals surface area contributed by atoms with Gasteiger partial charge in [0.15, 0.2) is 0 Å². The van der Waals surface area contributed by atoms with Crippen molar-refractivity contribution in [2.24, 2.45) is 10.9 Å². The third-order valence-electron chi connectivity index (χ3n) is 4.15. The zero-order valence-electron chi connectivity index (χ0n) is 15.7. The number of amides is 1. The first-order valence-electron chi connectivity index (χ1n) is 8.36. The minimum atomic E-state index is -4.50. The van der Waals surface area contributed by atoms with Gasteiger partial charge in [-0.05, 0) is 43.7 Å². The molecule has 0 aromatic heterocycles. The SMILES string of the molecule is CCC(C)(O)C#Cc1ccc(C(N)=O)c(S(=O)(=O)c2ccccc2S(N)(=O)=O)c1. The average molecular weight is 437 g/mol. The summed E-state index contributed by atoms with van der Waals surface area (Å²) in [6.07, 6.45) is 0.340. The second-order valence-electron chi connectivity index (χ2n) is 6.45. The van der Waals surface area contributed by atoms with E-state index in [1.165, 1.54) is 31.2 Å². The predicted molar refractivity (Wildman–Crippen MR) is 106 cm³/mol. The highest BCUT2D eigenvalue weighted by molar-refractivity contribution is 7.93. The van der Waals surface area contributed by atoms with E-state index >= 15 is 0 Å².